The molecule has 9 rings (SSSR count). The number of nitrogens with zero attached hydrogens (tertiary/aromatic N) is 2. The largest absolute Gasteiger partial charge is 0.311 e. The van der Waals surface area contributed by atoms with Crippen molar-refractivity contribution in [2.75, 3.05) is 9.80 Å². The van der Waals surface area contributed by atoms with E-state index < -0.39 is 0 Å². The molecule has 3 aliphatic rings. The molecule has 2 nitrogen and oxygen atoms in total. The summed E-state index contributed by atoms with van der Waals surface area (Å²) in [6.07, 6.45) is 2.33. The second-order valence-electron chi connectivity index (χ2n) is 27.1. The Morgan fingerprint density at radius 2 is 0.851 bits per heavy atom. The lowest BCUT2D eigenvalue weighted by Gasteiger charge is -2.48. The molecule has 0 bridgehead atoms. The van der Waals surface area contributed by atoms with Crippen LogP contribution >= 0.6 is 0 Å². The Kier molecular flexibility index (Phi) is 10.7. The lowest BCUT2D eigenvalue weighted by Crippen LogP contribution is -2.62. The zero-order valence-electron chi connectivity index (χ0n) is 44.8. The molecule has 2 heterocycles. The molecular formula is C64H79BN2. The molecule has 0 saturated carbocycles. The van der Waals surface area contributed by atoms with Gasteiger partial charge in [-0.05, 0) is 160 Å². The van der Waals surface area contributed by atoms with E-state index in [4.69, 9.17) is 0 Å². The van der Waals surface area contributed by atoms with Crippen LogP contribution in [-0.2, 0) is 37.9 Å². The minimum Gasteiger partial charge on any atom is -0.311 e. The summed E-state index contributed by atoms with van der Waals surface area (Å²) in [4.78, 5) is 5.34. The molecule has 6 aromatic carbocycles. The summed E-state index contributed by atoms with van der Waals surface area (Å²) >= 11 is 0. The van der Waals surface area contributed by atoms with Crippen molar-refractivity contribution in [2.24, 2.45) is 0 Å². The number of hydrogen-bond acceptors (Lipinski definition) is 2. The predicted octanol–water partition coefficient (Wildman–Crippen LogP) is 16.3. The highest BCUT2D eigenvalue weighted by Crippen LogP contribution is 2.53. The predicted molar refractivity (Wildman–Crippen MR) is 295 cm³/mol. The monoisotopic (exact) mass is 887 g/mol. The number of fused-ring (bicyclic) bond motifs is 5. The lowest BCUT2D eigenvalue weighted by atomic mass is 9.32. The molecule has 1 aliphatic carbocycles. The first-order valence-corrected chi connectivity index (χ1v) is 25.3. The van der Waals surface area contributed by atoms with E-state index in [0.717, 1.165) is 6.42 Å². The van der Waals surface area contributed by atoms with Crippen LogP contribution in [0.25, 0.3) is 11.1 Å². The van der Waals surface area contributed by atoms with Crippen LogP contribution in [0.2, 0.25) is 0 Å². The van der Waals surface area contributed by atoms with Gasteiger partial charge in [0.15, 0.2) is 0 Å². The third-order valence-corrected chi connectivity index (χ3v) is 15.9. The normalized spacial score (nSPS) is 16.6. The van der Waals surface area contributed by atoms with Crippen LogP contribution in [-0.4, -0.2) is 6.71 Å². The first-order valence-electron chi connectivity index (χ1n) is 25.3. The molecule has 0 atom stereocenters. The zero-order chi connectivity index (χ0) is 48.8. The van der Waals surface area contributed by atoms with Gasteiger partial charge in [0.05, 0.1) is 5.69 Å². The fourth-order valence-corrected chi connectivity index (χ4v) is 11.2. The topological polar surface area (TPSA) is 6.48 Å². The fraction of sp³-hybridized carbons (Fsp3) is 0.438. The molecule has 0 aromatic heterocycles. The van der Waals surface area contributed by atoms with Crippen molar-refractivity contribution >= 4 is 57.2 Å². The van der Waals surface area contributed by atoms with Gasteiger partial charge in [-0.2, -0.15) is 0 Å². The molecule has 3 heteroatoms. The lowest BCUT2D eigenvalue weighted by molar-refractivity contribution is 0.332. The van der Waals surface area contributed by atoms with Gasteiger partial charge in [0.1, 0.15) is 0 Å². The van der Waals surface area contributed by atoms with E-state index in [1.807, 2.05) is 0 Å². The van der Waals surface area contributed by atoms with Crippen molar-refractivity contribution in [2.45, 2.75) is 182 Å². The zero-order valence-corrected chi connectivity index (χ0v) is 44.8. The Hall–Kier alpha value is -5.02. The minimum absolute atomic E-state index is 0.00810. The van der Waals surface area contributed by atoms with Gasteiger partial charge < -0.3 is 9.80 Å². The summed E-state index contributed by atoms with van der Waals surface area (Å²) in [6.45, 7) is 45.2. The van der Waals surface area contributed by atoms with E-state index in [-0.39, 0.29) is 44.6 Å². The van der Waals surface area contributed by atoms with Crippen molar-refractivity contribution < 1.29 is 0 Å². The average Bonchev–Trinajstić information content (AvgIpc) is 3.23. The summed E-state index contributed by atoms with van der Waals surface area (Å²) in [7, 11) is 0. The Morgan fingerprint density at radius 1 is 0.388 bits per heavy atom. The number of rotatable bonds is 3. The Labute approximate surface area is 406 Å². The van der Waals surface area contributed by atoms with Crippen LogP contribution < -0.4 is 26.2 Å². The third kappa shape index (κ3) is 8.09. The molecule has 67 heavy (non-hydrogen) atoms. The Bertz CT molecular complexity index is 2930. The average molecular weight is 887 g/mol. The third-order valence-electron chi connectivity index (χ3n) is 15.9. The molecule has 6 aromatic rings. The molecule has 0 radical (unpaired) electrons. The van der Waals surface area contributed by atoms with Gasteiger partial charge in [0.25, 0.3) is 6.71 Å². The van der Waals surface area contributed by atoms with Crippen LogP contribution in [0, 0.1) is 0 Å². The van der Waals surface area contributed by atoms with Crippen molar-refractivity contribution in [1.82, 2.24) is 0 Å². The van der Waals surface area contributed by atoms with Crippen molar-refractivity contribution in [3.63, 3.8) is 0 Å². The van der Waals surface area contributed by atoms with E-state index >= 15 is 0 Å². The van der Waals surface area contributed by atoms with Crippen LogP contribution in [0.1, 0.15) is 183 Å². The van der Waals surface area contributed by atoms with Crippen molar-refractivity contribution in [3.8, 4) is 11.1 Å². The highest BCUT2D eigenvalue weighted by molar-refractivity contribution is 7.00. The van der Waals surface area contributed by atoms with Crippen molar-refractivity contribution in [1.29, 1.82) is 0 Å². The number of hydrogen-bond donors (Lipinski definition) is 0. The van der Waals surface area contributed by atoms with E-state index in [2.05, 4.69) is 251 Å². The van der Waals surface area contributed by atoms with E-state index in [0.29, 0.717) is 0 Å². The standard InChI is InChI=1S/C64H79BN2/c1-58(2,3)41-23-27-46(28-24-41)66-53-30-26-44(61(10,11)12)35-50(53)65-51-38-48-49(64(18,19)32-31-63(48,16)17)39-54(51)67(56-37-45(62(13,14)15)36-55(66)57(56)65)52-29-25-43(60(7,8)9)34-47(52)40-21-20-22-42(33-40)59(4,5)6/h20-30,33-39H,31-32H2,1-19H3. The minimum atomic E-state index is -0.118. The quantitative estimate of drug-likeness (QED) is 0.163. The maximum atomic E-state index is 2.73. The van der Waals surface area contributed by atoms with Gasteiger partial charge in [0.2, 0.25) is 0 Å². The van der Waals surface area contributed by atoms with Gasteiger partial charge in [0, 0.05) is 34.0 Å². The summed E-state index contributed by atoms with van der Waals surface area (Å²) < 4.78 is 0. The molecule has 0 saturated heterocycles. The van der Waals surface area contributed by atoms with Gasteiger partial charge >= 0.3 is 0 Å². The Morgan fingerprint density at radius 3 is 1.40 bits per heavy atom. The van der Waals surface area contributed by atoms with Gasteiger partial charge in [-0.25, -0.2) is 0 Å². The summed E-state index contributed by atoms with van der Waals surface area (Å²) in [6, 6.07) is 44.2. The van der Waals surface area contributed by atoms with Gasteiger partial charge in [-0.3, -0.25) is 0 Å². The Balaban J connectivity index is 1.47. The molecule has 0 N–H and O–H groups in total. The molecule has 0 spiro atoms. The van der Waals surface area contributed by atoms with Crippen LogP contribution in [0.4, 0.5) is 34.1 Å². The SMILES string of the molecule is CC(C)(C)c1ccc(N2c3ccc(C(C)(C)C)cc3B3c4cc5c(cc4N(c4ccc(C(C)(C)C)cc4-c4cccc(C(C)(C)C)c4)c4cc(C(C)(C)C)cc2c43)C(C)(C)CCC5(C)C)cc1. The maximum absolute atomic E-state index is 2.73. The first kappa shape index (κ1) is 47.1. The molecule has 348 valence electrons. The van der Waals surface area contributed by atoms with E-state index in [9.17, 15) is 0 Å². The van der Waals surface area contributed by atoms with Gasteiger partial charge in [-0.15, -0.1) is 0 Å². The highest BCUT2D eigenvalue weighted by atomic mass is 15.2. The molecule has 0 fully saturated rings. The van der Waals surface area contributed by atoms with Crippen molar-refractivity contribution in [3.05, 3.63) is 148 Å². The molecule has 2 aliphatic heterocycles. The van der Waals surface area contributed by atoms with Gasteiger partial charge in [-0.1, -0.05) is 192 Å². The summed E-state index contributed by atoms with van der Waals surface area (Å²) in [5.74, 6) is 0. The van der Waals surface area contributed by atoms with Crippen LogP contribution in [0.3, 0.4) is 0 Å². The summed E-state index contributed by atoms with van der Waals surface area (Å²) in [5, 5.41) is 0. The smallest absolute Gasteiger partial charge is 0.252 e. The molecular weight excluding hydrogens is 808 g/mol. The molecule has 0 unspecified atom stereocenters. The van der Waals surface area contributed by atoms with Crippen LogP contribution in [0.15, 0.2) is 109 Å². The molecule has 0 amide bonds. The second kappa shape index (κ2) is 15.2. The van der Waals surface area contributed by atoms with E-state index in [1.54, 1.807) is 0 Å². The summed E-state index contributed by atoms with van der Waals surface area (Å²) in [5.41, 5.74) is 24.0. The fourth-order valence-electron chi connectivity index (χ4n) is 11.2. The number of benzene rings is 6. The maximum Gasteiger partial charge on any atom is 0.252 e. The van der Waals surface area contributed by atoms with Crippen LogP contribution in [0.5, 0.6) is 0 Å². The number of anilines is 6. The first-order chi connectivity index (χ1) is 30.9. The highest BCUT2D eigenvalue weighted by Gasteiger charge is 2.47. The van der Waals surface area contributed by atoms with E-state index in [1.165, 1.54) is 107 Å². The second-order valence-corrected chi connectivity index (χ2v) is 27.1.